The second kappa shape index (κ2) is 10.5. The molecular weight excluding hydrogens is 458 g/mol. The zero-order valence-electron chi connectivity index (χ0n) is 19.8. The molecule has 1 aromatic heterocycles. The number of phenolic OH excluding ortho intramolecular Hbond substituents is 1. The van der Waals surface area contributed by atoms with E-state index < -0.39 is 0 Å². The molecule has 0 bridgehead atoms. The summed E-state index contributed by atoms with van der Waals surface area (Å²) in [6, 6.07) is 20.7. The Labute approximate surface area is 209 Å². The number of carbonyl (C=O) groups is 1. The third kappa shape index (κ3) is 5.50. The lowest BCUT2D eigenvalue weighted by atomic mass is 10.0. The largest absolute Gasteiger partial charge is 0.508 e. The first-order valence-corrected chi connectivity index (χ1v) is 12.9. The van der Waals surface area contributed by atoms with E-state index in [1.165, 1.54) is 43.7 Å². The number of nitrogens with zero attached hydrogens (tertiary/aromatic N) is 1. The van der Waals surface area contributed by atoms with Crippen molar-refractivity contribution in [2.75, 3.05) is 26.2 Å². The van der Waals surface area contributed by atoms with Gasteiger partial charge in [-0.3, -0.25) is 9.69 Å². The molecule has 5 nitrogen and oxygen atoms in total. The van der Waals surface area contributed by atoms with Crippen molar-refractivity contribution in [2.24, 2.45) is 0 Å². The number of ketones is 1. The molecule has 0 amide bonds. The van der Waals surface area contributed by atoms with Crippen molar-refractivity contribution < 1.29 is 19.4 Å². The Balaban J connectivity index is 1.37. The van der Waals surface area contributed by atoms with Crippen molar-refractivity contribution in [3.63, 3.8) is 0 Å². The van der Waals surface area contributed by atoms with E-state index in [2.05, 4.69) is 4.90 Å². The van der Waals surface area contributed by atoms with Crippen LogP contribution in [0.3, 0.4) is 0 Å². The van der Waals surface area contributed by atoms with Crippen LogP contribution in [-0.2, 0) is 0 Å². The fourth-order valence-corrected chi connectivity index (χ4v) is 5.39. The predicted octanol–water partition coefficient (Wildman–Crippen LogP) is 7.13. The summed E-state index contributed by atoms with van der Waals surface area (Å²) in [5.41, 5.74) is 0.905. The van der Waals surface area contributed by atoms with E-state index in [0.717, 1.165) is 33.5 Å². The Morgan fingerprint density at radius 1 is 0.943 bits per heavy atom. The van der Waals surface area contributed by atoms with Crippen LogP contribution in [0.4, 0.5) is 0 Å². The summed E-state index contributed by atoms with van der Waals surface area (Å²) in [7, 11) is 0. The maximum absolute atomic E-state index is 11.8. The van der Waals surface area contributed by atoms with E-state index in [-0.39, 0.29) is 11.5 Å². The first-order chi connectivity index (χ1) is 17.1. The van der Waals surface area contributed by atoms with Gasteiger partial charge in [-0.25, -0.2) is 0 Å². The molecule has 4 aromatic rings. The fourth-order valence-electron chi connectivity index (χ4n) is 4.46. The van der Waals surface area contributed by atoms with Gasteiger partial charge in [-0.15, -0.1) is 11.3 Å². The van der Waals surface area contributed by atoms with Gasteiger partial charge in [0.2, 0.25) is 0 Å². The number of thiophene rings is 1. The van der Waals surface area contributed by atoms with Crippen LogP contribution < -0.4 is 9.47 Å². The average molecular weight is 488 g/mol. The molecule has 0 radical (unpaired) electrons. The van der Waals surface area contributed by atoms with Gasteiger partial charge in [0, 0.05) is 22.4 Å². The lowest BCUT2D eigenvalue weighted by Crippen LogP contribution is -2.33. The maximum Gasteiger partial charge on any atom is 0.169 e. The Bertz CT molecular complexity index is 1320. The lowest BCUT2D eigenvalue weighted by Gasteiger charge is -2.26. The van der Waals surface area contributed by atoms with E-state index in [1.807, 2.05) is 54.6 Å². The highest BCUT2D eigenvalue weighted by Gasteiger charge is 2.16. The predicted molar refractivity (Wildman–Crippen MR) is 141 cm³/mol. The topological polar surface area (TPSA) is 59.0 Å². The zero-order valence-corrected chi connectivity index (χ0v) is 20.6. The Hall–Kier alpha value is -3.35. The van der Waals surface area contributed by atoms with Crippen molar-refractivity contribution >= 4 is 27.9 Å². The van der Waals surface area contributed by atoms with Crippen molar-refractivity contribution in [1.82, 2.24) is 4.90 Å². The van der Waals surface area contributed by atoms with Crippen LogP contribution in [0.5, 0.6) is 23.0 Å². The van der Waals surface area contributed by atoms with Crippen LogP contribution in [0.1, 0.15) is 35.9 Å². The summed E-state index contributed by atoms with van der Waals surface area (Å²) in [4.78, 5) is 16.0. The van der Waals surface area contributed by atoms with Gasteiger partial charge in [0.15, 0.2) is 5.78 Å². The highest BCUT2D eigenvalue weighted by atomic mass is 32.1. The molecule has 0 unspecified atom stereocenters. The molecule has 1 fully saturated rings. The number of hydrogen-bond acceptors (Lipinski definition) is 6. The second-order valence-corrected chi connectivity index (χ2v) is 9.98. The summed E-state index contributed by atoms with van der Waals surface area (Å²) >= 11 is 1.45. The number of fused-ring (bicyclic) bond motifs is 1. The fraction of sp³-hybridized carbons (Fsp3) is 0.276. The third-order valence-electron chi connectivity index (χ3n) is 6.34. The average Bonchev–Trinajstić information content (AvgIpc) is 3.36. The first kappa shape index (κ1) is 23.4. The van der Waals surface area contributed by atoms with Crippen molar-refractivity contribution in [3.05, 3.63) is 71.6 Å². The van der Waals surface area contributed by atoms with Gasteiger partial charge in [-0.2, -0.15) is 0 Å². The van der Waals surface area contributed by atoms with E-state index in [0.29, 0.717) is 23.0 Å². The van der Waals surface area contributed by atoms with E-state index in [9.17, 15) is 9.90 Å². The van der Waals surface area contributed by atoms with E-state index in [4.69, 9.17) is 9.47 Å². The van der Waals surface area contributed by atoms with Gasteiger partial charge < -0.3 is 14.6 Å². The molecule has 6 heteroatoms. The maximum atomic E-state index is 11.8. The summed E-state index contributed by atoms with van der Waals surface area (Å²) in [6.07, 6.45) is 3.90. The molecule has 5 rings (SSSR count). The normalized spacial score (nSPS) is 14.2. The number of ether oxygens (including phenoxy) is 2. The highest BCUT2D eigenvalue weighted by molar-refractivity contribution is 7.17. The number of carbonyl (C=O) groups excluding carboxylic acids is 1. The molecule has 2 heterocycles. The zero-order chi connectivity index (χ0) is 24.2. The van der Waals surface area contributed by atoms with Gasteiger partial charge in [0.1, 0.15) is 29.6 Å². The number of Topliss-reactive ketones (excluding diaryl/α,β-unsaturated/α-hetero) is 1. The molecule has 1 saturated heterocycles. The highest BCUT2D eigenvalue weighted by Crippen LogP contribution is 2.43. The van der Waals surface area contributed by atoms with Crippen LogP contribution in [0.15, 0.2) is 66.7 Å². The minimum Gasteiger partial charge on any atom is -0.508 e. The number of likely N-dealkylation sites (tertiary alicyclic amines) is 1. The summed E-state index contributed by atoms with van der Waals surface area (Å²) in [6.45, 7) is 5.53. The number of aromatic hydroxyl groups is 1. The van der Waals surface area contributed by atoms with Crippen LogP contribution in [0.2, 0.25) is 0 Å². The first-order valence-electron chi connectivity index (χ1n) is 12.1. The molecule has 1 N–H and O–H groups in total. The smallest absolute Gasteiger partial charge is 0.169 e. The minimum absolute atomic E-state index is 0.0466. The molecule has 180 valence electrons. The molecule has 0 atom stereocenters. The standard InChI is InChI=1S/C29H29NO4S/c1-20(31)27-13-14-28(35-27)26-11-5-21-19-22(32)6-12-25(21)29(26)34-24-9-7-23(8-10-24)33-18-17-30-15-3-2-4-16-30/h5-14,19,32H,2-4,15-18H2,1H3. The Morgan fingerprint density at radius 2 is 1.71 bits per heavy atom. The number of rotatable bonds is 8. The van der Waals surface area contributed by atoms with Gasteiger partial charge in [0.25, 0.3) is 0 Å². The van der Waals surface area contributed by atoms with Gasteiger partial charge in [0.05, 0.1) is 4.88 Å². The number of phenols is 1. The van der Waals surface area contributed by atoms with Crippen molar-refractivity contribution in [2.45, 2.75) is 26.2 Å². The molecule has 35 heavy (non-hydrogen) atoms. The summed E-state index contributed by atoms with van der Waals surface area (Å²) < 4.78 is 12.4. The second-order valence-electron chi connectivity index (χ2n) is 8.89. The van der Waals surface area contributed by atoms with Crippen molar-refractivity contribution in [1.29, 1.82) is 0 Å². The molecule has 0 aliphatic carbocycles. The van der Waals surface area contributed by atoms with Crippen LogP contribution >= 0.6 is 11.3 Å². The van der Waals surface area contributed by atoms with Gasteiger partial charge >= 0.3 is 0 Å². The summed E-state index contributed by atoms with van der Waals surface area (Å²) in [5.74, 6) is 2.46. The van der Waals surface area contributed by atoms with Crippen LogP contribution in [0, 0.1) is 0 Å². The number of benzene rings is 3. The molecule has 1 aliphatic rings. The Kier molecular flexibility index (Phi) is 7.02. The summed E-state index contributed by atoms with van der Waals surface area (Å²) in [5, 5.41) is 11.7. The van der Waals surface area contributed by atoms with E-state index >= 15 is 0 Å². The quantitative estimate of drug-likeness (QED) is 0.268. The lowest BCUT2D eigenvalue weighted by molar-refractivity contribution is 0.102. The van der Waals surface area contributed by atoms with Crippen LogP contribution in [0.25, 0.3) is 21.2 Å². The molecule has 0 spiro atoms. The molecule has 3 aromatic carbocycles. The Morgan fingerprint density at radius 3 is 2.46 bits per heavy atom. The third-order valence-corrected chi connectivity index (χ3v) is 7.56. The van der Waals surface area contributed by atoms with Gasteiger partial charge in [-0.05, 0) is 98.9 Å². The van der Waals surface area contributed by atoms with Crippen LogP contribution in [-0.4, -0.2) is 42.0 Å². The van der Waals surface area contributed by atoms with Gasteiger partial charge in [-0.1, -0.05) is 12.5 Å². The minimum atomic E-state index is 0.0466. The number of piperidine rings is 1. The van der Waals surface area contributed by atoms with Crippen molar-refractivity contribution in [3.8, 4) is 33.4 Å². The molecule has 0 saturated carbocycles. The monoisotopic (exact) mass is 487 g/mol. The molecular formula is C29H29NO4S. The SMILES string of the molecule is CC(=O)c1ccc(-c2ccc3cc(O)ccc3c2Oc2ccc(OCCN3CCCCC3)cc2)s1. The van der Waals surface area contributed by atoms with E-state index in [1.54, 1.807) is 19.1 Å². The number of hydrogen-bond donors (Lipinski definition) is 1. The molecule has 1 aliphatic heterocycles.